The van der Waals surface area contributed by atoms with Crippen LogP contribution < -0.4 is 10.6 Å². The fraction of sp³-hybridized carbons (Fsp3) is 0.462. The van der Waals surface area contributed by atoms with Crippen LogP contribution in [0.4, 0.5) is 10.1 Å². The van der Waals surface area contributed by atoms with E-state index in [0.717, 1.165) is 38.1 Å². The molecule has 1 aliphatic rings. The minimum atomic E-state index is -0.649. The Balaban J connectivity index is 2.26. The maximum atomic E-state index is 13.4. The number of hydrogen-bond acceptors (Lipinski definition) is 4. The summed E-state index contributed by atoms with van der Waals surface area (Å²) in [6, 6.07) is 1.94. The number of aryl methyl sites for hydroxylation is 1. The fourth-order valence-electron chi connectivity index (χ4n) is 2.38. The number of hydrogen-bond donors (Lipinski definition) is 2. The summed E-state index contributed by atoms with van der Waals surface area (Å²) in [6.45, 7) is 2.99. The minimum absolute atomic E-state index is 0.0353. The van der Waals surface area contributed by atoms with Gasteiger partial charge in [0, 0.05) is 11.6 Å². The van der Waals surface area contributed by atoms with Crippen LogP contribution >= 0.6 is 0 Å². The average molecular weight is 281 g/mol. The SMILES string of the molecule is Cc1cc(F)cc(C(=O)NC2CCNCC2)c1[N+](=O)[O-]. The van der Waals surface area contributed by atoms with Crippen molar-refractivity contribution in [3.8, 4) is 0 Å². The molecule has 0 aromatic heterocycles. The second kappa shape index (κ2) is 5.96. The van der Waals surface area contributed by atoms with Crippen molar-refractivity contribution in [2.45, 2.75) is 25.8 Å². The summed E-state index contributed by atoms with van der Waals surface area (Å²) in [5.74, 6) is -1.24. The number of nitrogens with zero attached hydrogens (tertiary/aromatic N) is 1. The molecule has 1 fully saturated rings. The lowest BCUT2D eigenvalue weighted by Gasteiger charge is -2.23. The van der Waals surface area contributed by atoms with Gasteiger partial charge < -0.3 is 10.6 Å². The number of nitro groups is 1. The Morgan fingerprint density at radius 2 is 2.10 bits per heavy atom. The highest BCUT2D eigenvalue weighted by Gasteiger charge is 2.26. The van der Waals surface area contributed by atoms with E-state index in [-0.39, 0.29) is 22.9 Å². The van der Waals surface area contributed by atoms with Crippen molar-refractivity contribution < 1.29 is 14.1 Å². The molecule has 0 saturated carbocycles. The largest absolute Gasteiger partial charge is 0.349 e. The first-order valence-electron chi connectivity index (χ1n) is 6.45. The summed E-state index contributed by atoms with van der Waals surface area (Å²) < 4.78 is 13.4. The summed E-state index contributed by atoms with van der Waals surface area (Å²) >= 11 is 0. The summed E-state index contributed by atoms with van der Waals surface area (Å²) in [5, 5.41) is 16.9. The third-order valence-corrected chi connectivity index (χ3v) is 3.37. The van der Waals surface area contributed by atoms with Crippen LogP contribution in [0.25, 0.3) is 0 Å². The highest BCUT2D eigenvalue weighted by molar-refractivity contribution is 5.98. The van der Waals surface area contributed by atoms with Gasteiger partial charge in [-0.15, -0.1) is 0 Å². The monoisotopic (exact) mass is 281 g/mol. The van der Waals surface area contributed by atoms with Crippen molar-refractivity contribution in [2.75, 3.05) is 13.1 Å². The molecule has 1 aromatic carbocycles. The molecule has 20 heavy (non-hydrogen) atoms. The molecule has 0 radical (unpaired) electrons. The van der Waals surface area contributed by atoms with Crippen molar-refractivity contribution >= 4 is 11.6 Å². The van der Waals surface area contributed by atoms with Crippen LogP contribution in [0.15, 0.2) is 12.1 Å². The van der Waals surface area contributed by atoms with Crippen molar-refractivity contribution in [1.82, 2.24) is 10.6 Å². The number of rotatable bonds is 3. The molecule has 1 heterocycles. The van der Waals surface area contributed by atoms with Crippen LogP contribution in [-0.4, -0.2) is 30.0 Å². The molecular formula is C13H16FN3O3. The molecule has 1 saturated heterocycles. The molecule has 6 nitrogen and oxygen atoms in total. The lowest BCUT2D eigenvalue weighted by atomic mass is 10.0. The van der Waals surface area contributed by atoms with E-state index >= 15 is 0 Å². The van der Waals surface area contributed by atoms with Gasteiger partial charge in [-0.3, -0.25) is 14.9 Å². The summed E-state index contributed by atoms with van der Waals surface area (Å²) in [5.41, 5.74) is -0.408. The lowest BCUT2D eigenvalue weighted by molar-refractivity contribution is -0.385. The summed E-state index contributed by atoms with van der Waals surface area (Å²) in [4.78, 5) is 22.5. The molecule has 0 spiro atoms. The van der Waals surface area contributed by atoms with E-state index in [1.165, 1.54) is 6.92 Å². The zero-order valence-corrected chi connectivity index (χ0v) is 11.1. The number of carbonyl (C=O) groups is 1. The van der Waals surface area contributed by atoms with Gasteiger partial charge in [-0.05, 0) is 45.0 Å². The van der Waals surface area contributed by atoms with Crippen molar-refractivity contribution in [2.24, 2.45) is 0 Å². The summed E-state index contributed by atoms with van der Waals surface area (Å²) in [7, 11) is 0. The fourth-order valence-corrected chi connectivity index (χ4v) is 2.38. The van der Waals surface area contributed by atoms with E-state index in [2.05, 4.69) is 10.6 Å². The number of amides is 1. The van der Waals surface area contributed by atoms with Crippen LogP contribution in [0.1, 0.15) is 28.8 Å². The second-order valence-electron chi connectivity index (χ2n) is 4.87. The zero-order chi connectivity index (χ0) is 14.7. The Hall–Kier alpha value is -2.02. The highest BCUT2D eigenvalue weighted by Crippen LogP contribution is 2.25. The number of carbonyl (C=O) groups excluding carboxylic acids is 1. The van der Waals surface area contributed by atoms with Crippen LogP contribution in [0.5, 0.6) is 0 Å². The molecule has 1 aliphatic heterocycles. The van der Waals surface area contributed by atoms with Gasteiger partial charge >= 0.3 is 0 Å². The summed E-state index contributed by atoms with van der Waals surface area (Å²) in [6.07, 6.45) is 1.52. The molecule has 7 heteroatoms. The van der Waals surface area contributed by atoms with E-state index < -0.39 is 16.6 Å². The van der Waals surface area contributed by atoms with Crippen molar-refractivity contribution in [1.29, 1.82) is 0 Å². The van der Waals surface area contributed by atoms with Crippen LogP contribution in [0, 0.1) is 22.9 Å². The van der Waals surface area contributed by atoms with E-state index in [9.17, 15) is 19.3 Å². The van der Waals surface area contributed by atoms with Crippen LogP contribution in [0.3, 0.4) is 0 Å². The third kappa shape index (κ3) is 3.11. The van der Waals surface area contributed by atoms with Gasteiger partial charge in [-0.2, -0.15) is 0 Å². The molecule has 0 bridgehead atoms. The number of benzene rings is 1. The Labute approximate surface area is 115 Å². The normalized spacial score (nSPS) is 15.9. The number of halogens is 1. The highest BCUT2D eigenvalue weighted by atomic mass is 19.1. The van der Waals surface area contributed by atoms with Gasteiger partial charge in [-0.25, -0.2) is 4.39 Å². The van der Waals surface area contributed by atoms with Crippen LogP contribution in [0.2, 0.25) is 0 Å². The molecule has 2 N–H and O–H groups in total. The Kier molecular flexibility index (Phi) is 4.29. The second-order valence-corrected chi connectivity index (χ2v) is 4.87. The smallest absolute Gasteiger partial charge is 0.285 e. The topological polar surface area (TPSA) is 84.3 Å². The van der Waals surface area contributed by atoms with Gasteiger partial charge in [0.15, 0.2) is 0 Å². The molecule has 0 unspecified atom stereocenters. The predicted molar refractivity (Wildman–Crippen MR) is 71.1 cm³/mol. The maximum Gasteiger partial charge on any atom is 0.285 e. The first kappa shape index (κ1) is 14.4. The maximum absolute atomic E-state index is 13.4. The zero-order valence-electron chi connectivity index (χ0n) is 11.1. The standard InChI is InChI=1S/C13H16FN3O3/c1-8-6-9(14)7-11(12(8)17(19)20)13(18)16-10-2-4-15-5-3-10/h6-7,10,15H,2-5H2,1H3,(H,16,18). The number of piperidine rings is 1. The average Bonchev–Trinajstić information content (AvgIpc) is 2.38. The minimum Gasteiger partial charge on any atom is -0.349 e. The number of nitro benzene ring substituents is 1. The quantitative estimate of drug-likeness (QED) is 0.650. The van der Waals surface area contributed by atoms with E-state index in [1.54, 1.807) is 0 Å². The Morgan fingerprint density at radius 1 is 1.45 bits per heavy atom. The lowest BCUT2D eigenvalue weighted by Crippen LogP contribution is -2.42. The number of nitrogens with one attached hydrogen (secondary N) is 2. The van der Waals surface area contributed by atoms with E-state index in [4.69, 9.17) is 0 Å². The van der Waals surface area contributed by atoms with Crippen molar-refractivity contribution in [3.05, 3.63) is 39.2 Å². The molecular weight excluding hydrogens is 265 g/mol. The van der Waals surface area contributed by atoms with Gasteiger partial charge in [0.2, 0.25) is 0 Å². The van der Waals surface area contributed by atoms with Gasteiger partial charge in [-0.1, -0.05) is 0 Å². The first-order valence-corrected chi connectivity index (χ1v) is 6.45. The van der Waals surface area contributed by atoms with Crippen molar-refractivity contribution in [3.63, 3.8) is 0 Å². The third-order valence-electron chi connectivity index (χ3n) is 3.37. The molecule has 0 aliphatic carbocycles. The molecule has 1 amide bonds. The molecule has 108 valence electrons. The van der Waals surface area contributed by atoms with E-state index in [1.807, 2.05) is 0 Å². The molecule has 2 rings (SSSR count). The first-order chi connectivity index (χ1) is 9.49. The Bertz CT molecular complexity index is 542. The van der Waals surface area contributed by atoms with Gasteiger partial charge in [0.1, 0.15) is 11.4 Å². The van der Waals surface area contributed by atoms with Crippen LogP contribution in [-0.2, 0) is 0 Å². The van der Waals surface area contributed by atoms with Gasteiger partial charge in [0.25, 0.3) is 11.6 Å². The predicted octanol–water partition coefficient (Wildman–Crippen LogP) is 1.52. The van der Waals surface area contributed by atoms with Gasteiger partial charge in [0.05, 0.1) is 4.92 Å². The Morgan fingerprint density at radius 3 is 2.70 bits per heavy atom. The molecule has 0 atom stereocenters. The van der Waals surface area contributed by atoms with E-state index in [0.29, 0.717) is 0 Å². The molecule has 1 aromatic rings.